The molecule has 0 aromatic heterocycles. The Labute approximate surface area is 203 Å². The molecule has 2 aromatic carbocycles. The monoisotopic (exact) mass is 485 g/mol. The average molecular weight is 486 g/mol. The molecule has 0 bridgehead atoms. The topological polar surface area (TPSA) is 88.1 Å². The minimum absolute atomic E-state index is 0.202. The van der Waals surface area contributed by atoms with Crippen molar-refractivity contribution in [3.8, 4) is 5.75 Å². The molecule has 1 amide bonds. The maximum Gasteiger partial charge on any atom is 0.255 e. The van der Waals surface area contributed by atoms with Gasteiger partial charge < -0.3 is 4.74 Å². The van der Waals surface area contributed by atoms with Crippen molar-refractivity contribution in [1.82, 2.24) is 9.73 Å². The highest BCUT2D eigenvalue weighted by Crippen LogP contribution is 2.31. The minimum atomic E-state index is -3.86. The lowest BCUT2D eigenvalue weighted by atomic mass is 9.95. The maximum atomic E-state index is 13.8. The highest BCUT2D eigenvalue weighted by Gasteiger charge is 2.35. The summed E-state index contributed by atoms with van der Waals surface area (Å²) in [6.45, 7) is 7.71. The van der Waals surface area contributed by atoms with Crippen molar-refractivity contribution < 1.29 is 17.9 Å². The molecule has 1 aliphatic rings. The van der Waals surface area contributed by atoms with E-state index in [1.807, 2.05) is 64.1 Å². The summed E-state index contributed by atoms with van der Waals surface area (Å²) < 4.78 is 34.6. The van der Waals surface area contributed by atoms with Crippen LogP contribution in [0.3, 0.4) is 0 Å². The highest BCUT2D eigenvalue weighted by atomic mass is 32.2. The number of amides is 1. The van der Waals surface area contributed by atoms with Gasteiger partial charge in [0.15, 0.2) is 0 Å². The molecule has 1 fully saturated rings. The Balaban J connectivity index is 1.83. The van der Waals surface area contributed by atoms with E-state index in [0.29, 0.717) is 28.4 Å². The zero-order chi connectivity index (χ0) is 24.7. The summed E-state index contributed by atoms with van der Waals surface area (Å²) in [5, 5.41) is 4.06. The summed E-state index contributed by atoms with van der Waals surface area (Å²) in [5.74, 6) is 0.196. The fourth-order valence-electron chi connectivity index (χ4n) is 4.70. The lowest BCUT2D eigenvalue weighted by Gasteiger charge is -2.33. The van der Waals surface area contributed by atoms with Crippen LogP contribution < -0.4 is 10.2 Å². The van der Waals surface area contributed by atoms with Gasteiger partial charge in [-0.25, -0.2) is 13.8 Å². The second kappa shape index (κ2) is 11.6. The van der Waals surface area contributed by atoms with E-state index >= 15 is 0 Å². The number of hydrogen-bond donors (Lipinski definition) is 1. The van der Waals surface area contributed by atoms with E-state index in [1.165, 1.54) is 10.5 Å². The van der Waals surface area contributed by atoms with E-state index in [4.69, 9.17) is 4.74 Å². The third kappa shape index (κ3) is 6.24. The summed E-state index contributed by atoms with van der Waals surface area (Å²) in [4.78, 5) is 13.1. The van der Waals surface area contributed by atoms with Crippen molar-refractivity contribution in [1.29, 1.82) is 0 Å². The Morgan fingerprint density at radius 2 is 1.76 bits per heavy atom. The number of benzene rings is 2. The van der Waals surface area contributed by atoms with Gasteiger partial charge >= 0.3 is 0 Å². The Morgan fingerprint density at radius 1 is 1.12 bits per heavy atom. The van der Waals surface area contributed by atoms with Gasteiger partial charge in [-0.05, 0) is 63.8 Å². The highest BCUT2D eigenvalue weighted by molar-refractivity contribution is 7.89. The van der Waals surface area contributed by atoms with Gasteiger partial charge in [-0.3, -0.25) is 4.79 Å². The number of sulfonamides is 1. The second-order valence-corrected chi connectivity index (χ2v) is 10.7. The van der Waals surface area contributed by atoms with Crippen LogP contribution in [0.1, 0.15) is 61.3 Å². The van der Waals surface area contributed by atoms with Crippen LogP contribution in [0, 0.1) is 20.8 Å². The van der Waals surface area contributed by atoms with Crippen LogP contribution in [0.15, 0.2) is 46.4 Å². The molecule has 3 rings (SSSR count). The summed E-state index contributed by atoms with van der Waals surface area (Å²) in [6, 6.07) is 10.9. The van der Waals surface area contributed by atoms with Gasteiger partial charge in [-0.1, -0.05) is 49.1 Å². The van der Waals surface area contributed by atoms with E-state index in [9.17, 15) is 13.2 Å². The van der Waals surface area contributed by atoms with Crippen molar-refractivity contribution in [2.45, 2.75) is 70.7 Å². The minimum Gasteiger partial charge on any atom is -0.493 e. The zero-order valence-electron chi connectivity index (χ0n) is 20.5. The van der Waals surface area contributed by atoms with E-state index in [-0.39, 0.29) is 12.6 Å². The molecular formula is C26H35N3O4S. The van der Waals surface area contributed by atoms with Gasteiger partial charge in [0.25, 0.3) is 5.91 Å². The quantitative estimate of drug-likeness (QED) is 0.419. The van der Waals surface area contributed by atoms with Gasteiger partial charge in [0, 0.05) is 11.6 Å². The molecule has 0 radical (unpaired) electrons. The summed E-state index contributed by atoms with van der Waals surface area (Å²) in [5.41, 5.74) is 5.64. The van der Waals surface area contributed by atoms with Crippen molar-refractivity contribution in [2.75, 3.05) is 13.2 Å². The van der Waals surface area contributed by atoms with Gasteiger partial charge in [0.05, 0.1) is 24.3 Å². The zero-order valence-corrected chi connectivity index (χ0v) is 21.3. The van der Waals surface area contributed by atoms with Crippen LogP contribution >= 0.6 is 0 Å². The Morgan fingerprint density at radius 3 is 2.41 bits per heavy atom. The van der Waals surface area contributed by atoms with Crippen molar-refractivity contribution in [2.24, 2.45) is 5.10 Å². The summed E-state index contributed by atoms with van der Waals surface area (Å²) >= 11 is 0. The fraction of sp³-hybridized carbons (Fsp3) is 0.462. The number of nitrogens with one attached hydrogen (secondary N) is 1. The molecule has 1 aliphatic carbocycles. The van der Waals surface area contributed by atoms with Crippen LogP contribution in [0.5, 0.6) is 5.75 Å². The first kappa shape index (κ1) is 25.9. The van der Waals surface area contributed by atoms with Gasteiger partial charge in [0.1, 0.15) is 5.75 Å². The van der Waals surface area contributed by atoms with E-state index in [0.717, 1.165) is 43.2 Å². The fourth-order valence-corrected chi connectivity index (χ4v) is 6.75. The molecule has 2 aromatic rings. The number of hydrogen-bond acceptors (Lipinski definition) is 5. The number of nitrogens with zero attached hydrogens (tertiary/aromatic N) is 2. The van der Waals surface area contributed by atoms with Gasteiger partial charge in [-0.15, -0.1) is 0 Å². The molecule has 0 unspecified atom stereocenters. The molecule has 1 N–H and O–H groups in total. The van der Waals surface area contributed by atoms with E-state index < -0.39 is 15.9 Å². The summed E-state index contributed by atoms with van der Waals surface area (Å²) in [6.07, 6.45) is 6.01. The number of para-hydroxylation sites is 1. The van der Waals surface area contributed by atoms with Crippen LogP contribution in [0.2, 0.25) is 0 Å². The Bertz CT molecular complexity index is 1120. The first-order valence-corrected chi connectivity index (χ1v) is 13.3. The molecule has 8 heteroatoms. The number of hydrazone groups is 1. The molecule has 184 valence electrons. The number of ether oxygens (including phenoxy) is 1. The summed E-state index contributed by atoms with van der Waals surface area (Å²) in [7, 11) is -3.86. The number of carbonyl (C=O) groups is 1. The van der Waals surface area contributed by atoms with Crippen molar-refractivity contribution >= 4 is 22.1 Å². The number of rotatable bonds is 9. The van der Waals surface area contributed by atoms with Crippen LogP contribution in [-0.2, 0) is 14.8 Å². The van der Waals surface area contributed by atoms with E-state index in [1.54, 1.807) is 0 Å². The number of aryl methyl sites for hydroxylation is 3. The second-order valence-electron chi connectivity index (χ2n) is 8.83. The molecule has 0 aliphatic heterocycles. The molecule has 0 spiro atoms. The lowest BCUT2D eigenvalue weighted by molar-refractivity contribution is -0.121. The Hall–Kier alpha value is -2.71. The normalized spacial score (nSPS) is 15.1. The van der Waals surface area contributed by atoms with Crippen molar-refractivity contribution in [3.63, 3.8) is 0 Å². The third-order valence-corrected chi connectivity index (χ3v) is 8.27. The molecular weight excluding hydrogens is 450 g/mol. The molecule has 1 saturated carbocycles. The largest absolute Gasteiger partial charge is 0.493 e. The first-order chi connectivity index (χ1) is 16.2. The molecule has 0 atom stereocenters. The predicted octanol–water partition coefficient (Wildman–Crippen LogP) is 4.48. The smallest absolute Gasteiger partial charge is 0.255 e. The molecule has 0 saturated heterocycles. The molecule has 0 heterocycles. The van der Waals surface area contributed by atoms with Crippen LogP contribution in [0.25, 0.3) is 0 Å². The van der Waals surface area contributed by atoms with Gasteiger partial charge in [0.2, 0.25) is 10.0 Å². The van der Waals surface area contributed by atoms with Crippen LogP contribution in [-0.4, -0.2) is 44.0 Å². The van der Waals surface area contributed by atoms with Crippen LogP contribution in [0.4, 0.5) is 0 Å². The molecule has 34 heavy (non-hydrogen) atoms. The number of carbonyl (C=O) groups excluding carboxylic acids is 1. The lowest BCUT2D eigenvalue weighted by Crippen LogP contribution is -2.46. The SMILES string of the molecule is CCOc1ccccc1/C=N/NC(=O)CN(C1CCCCC1)S(=O)(=O)c1c(C)cc(C)cc1C. The van der Waals surface area contributed by atoms with Gasteiger partial charge in [-0.2, -0.15) is 9.41 Å². The first-order valence-electron chi connectivity index (χ1n) is 11.9. The Kier molecular flexibility index (Phi) is 8.85. The third-order valence-electron chi connectivity index (χ3n) is 6.06. The predicted molar refractivity (Wildman–Crippen MR) is 135 cm³/mol. The van der Waals surface area contributed by atoms with E-state index in [2.05, 4.69) is 10.5 Å². The standard InChI is InChI=1S/C26H35N3O4S/c1-5-33-24-14-10-9-11-22(24)17-27-28-25(30)18-29(23-12-7-6-8-13-23)34(31,32)26-20(3)15-19(2)16-21(26)4/h9-11,14-17,23H,5-8,12-13,18H2,1-4H3,(H,28,30)/b27-17+. The maximum absolute atomic E-state index is 13.8. The van der Waals surface area contributed by atoms with Crippen molar-refractivity contribution in [3.05, 3.63) is 58.7 Å². The molecule has 7 nitrogen and oxygen atoms in total. The average Bonchev–Trinajstić information content (AvgIpc) is 2.78.